The minimum atomic E-state index is 0.759. The summed E-state index contributed by atoms with van der Waals surface area (Å²) in [5, 5.41) is 3.37. The summed E-state index contributed by atoms with van der Waals surface area (Å²) in [6, 6.07) is 13.9. The van der Waals surface area contributed by atoms with E-state index in [0.717, 1.165) is 28.2 Å². The van der Waals surface area contributed by atoms with Gasteiger partial charge < -0.3 is 14.8 Å². The molecule has 0 spiro atoms. The Kier molecular flexibility index (Phi) is 4.68. The van der Waals surface area contributed by atoms with Crippen LogP contribution in [0.1, 0.15) is 5.56 Å². The summed E-state index contributed by atoms with van der Waals surface area (Å²) < 4.78 is 11.3. The number of rotatable bonds is 5. The molecule has 4 heteroatoms. The molecule has 0 atom stereocenters. The van der Waals surface area contributed by atoms with Crippen LogP contribution >= 0.6 is 15.9 Å². The Bertz CT molecular complexity index is 540. The highest BCUT2D eigenvalue weighted by Crippen LogP contribution is 2.27. The Morgan fingerprint density at radius 2 is 1.58 bits per heavy atom. The lowest BCUT2D eigenvalue weighted by molar-refractivity contribution is 0.414. The van der Waals surface area contributed by atoms with Crippen LogP contribution in [0.4, 0.5) is 5.69 Å². The van der Waals surface area contributed by atoms with Crippen molar-refractivity contribution in [2.24, 2.45) is 0 Å². The van der Waals surface area contributed by atoms with E-state index in [1.807, 2.05) is 42.5 Å². The van der Waals surface area contributed by atoms with Crippen molar-refractivity contribution in [2.75, 3.05) is 19.5 Å². The maximum absolute atomic E-state index is 5.17. The molecule has 0 heterocycles. The first kappa shape index (κ1) is 13.7. The average Bonchev–Trinajstić information content (AvgIpc) is 2.46. The minimum absolute atomic E-state index is 0.759. The van der Waals surface area contributed by atoms with Gasteiger partial charge in [0, 0.05) is 16.7 Å². The monoisotopic (exact) mass is 321 g/mol. The van der Waals surface area contributed by atoms with Crippen LogP contribution in [-0.4, -0.2) is 14.2 Å². The second-order valence-electron chi connectivity index (χ2n) is 4.05. The van der Waals surface area contributed by atoms with Crippen LogP contribution in [0.2, 0.25) is 0 Å². The summed E-state index contributed by atoms with van der Waals surface area (Å²) >= 11 is 3.52. The third kappa shape index (κ3) is 3.64. The van der Waals surface area contributed by atoms with Crippen molar-refractivity contribution in [2.45, 2.75) is 6.54 Å². The van der Waals surface area contributed by atoms with Crippen molar-refractivity contribution < 1.29 is 9.47 Å². The van der Waals surface area contributed by atoms with Crippen molar-refractivity contribution in [3.8, 4) is 11.5 Å². The molecule has 2 aromatic rings. The van der Waals surface area contributed by atoms with Crippen molar-refractivity contribution in [1.29, 1.82) is 0 Å². The van der Waals surface area contributed by atoms with Gasteiger partial charge in [-0.25, -0.2) is 0 Å². The van der Waals surface area contributed by atoms with Gasteiger partial charge in [-0.15, -0.1) is 0 Å². The van der Waals surface area contributed by atoms with Crippen molar-refractivity contribution in [1.82, 2.24) is 0 Å². The van der Waals surface area contributed by atoms with E-state index in [4.69, 9.17) is 9.47 Å². The number of anilines is 1. The van der Waals surface area contributed by atoms with Crippen LogP contribution in [-0.2, 0) is 6.54 Å². The zero-order chi connectivity index (χ0) is 13.7. The molecular formula is C15H16BrNO2. The molecule has 0 fully saturated rings. The fourth-order valence-corrected chi connectivity index (χ4v) is 2.20. The summed E-state index contributed by atoms with van der Waals surface area (Å²) in [7, 11) is 3.33. The number of hydrogen-bond acceptors (Lipinski definition) is 3. The van der Waals surface area contributed by atoms with E-state index in [-0.39, 0.29) is 0 Å². The molecule has 2 rings (SSSR count). The number of halogens is 1. The van der Waals surface area contributed by atoms with Gasteiger partial charge in [-0.2, -0.15) is 0 Å². The van der Waals surface area contributed by atoms with Gasteiger partial charge >= 0.3 is 0 Å². The molecule has 0 saturated heterocycles. The standard InChI is InChI=1S/C15H16BrNO2/c1-18-12-5-3-11(4-6-12)10-17-15-8-7-13(19-2)9-14(15)16/h3-9,17H,10H2,1-2H3. The highest BCUT2D eigenvalue weighted by Gasteiger charge is 2.02. The Morgan fingerprint density at radius 1 is 0.947 bits per heavy atom. The largest absolute Gasteiger partial charge is 0.497 e. The van der Waals surface area contributed by atoms with E-state index in [1.54, 1.807) is 14.2 Å². The van der Waals surface area contributed by atoms with Crippen LogP contribution in [0.5, 0.6) is 11.5 Å². The second kappa shape index (κ2) is 6.48. The number of nitrogens with one attached hydrogen (secondary N) is 1. The molecule has 0 saturated carbocycles. The first-order valence-electron chi connectivity index (χ1n) is 5.93. The molecule has 1 N–H and O–H groups in total. The molecule has 100 valence electrons. The molecule has 0 amide bonds. The minimum Gasteiger partial charge on any atom is -0.497 e. The third-order valence-corrected chi connectivity index (χ3v) is 3.47. The third-order valence-electron chi connectivity index (χ3n) is 2.82. The summed E-state index contributed by atoms with van der Waals surface area (Å²) in [5.41, 5.74) is 2.24. The van der Waals surface area contributed by atoms with Crippen LogP contribution in [0.25, 0.3) is 0 Å². The van der Waals surface area contributed by atoms with Crippen LogP contribution in [0.3, 0.4) is 0 Å². The summed E-state index contributed by atoms with van der Waals surface area (Å²) in [6.07, 6.45) is 0. The predicted molar refractivity (Wildman–Crippen MR) is 81.0 cm³/mol. The maximum atomic E-state index is 5.17. The first-order valence-corrected chi connectivity index (χ1v) is 6.72. The van der Waals surface area contributed by atoms with E-state index >= 15 is 0 Å². The highest BCUT2D eigenvalue weighted by atomic mass is 79.9. The smallest absolute Gasteiger partial charge is 0.120 e. The van der Waals surface area contributed by atoms with E-state index in [0.29, 0.717) is 0 Å². The van der Waals surface area contributed by atoms with E-state index in [1.165, 1.54) is 5.56 Å². The van der Waals surface area contributed by atoms with Gasteiger partial charge in [-0.3, -0.25) is 0 Å². The van der Waals surface area contributed by atoms with Gasteiger partial charge in [0.1, 0.15) is 11.5 Å². The summed E-state index contributed by atoms with van der Waals surface area (Å²) in [4.78, 5) is 0. The molecule has 19 heavy (non-hydrogen) atoms. The zero-order valence-corrected chi connectivity index (χ0v) is 12.5. The zero-order valence-electron chi connectivity index (χ0n) is 10.9. The molecular weight excluding hydrogens is 306 g/mol. The molecule has 0 radical (unpaired) electrons. The molecule has 0 unspecified atom stereocenters. The van der Waals surface area contributed by atoms with Crippen molar-refractivity contribution >= 4 is 21.6 Å². The summed E-state index contributed by atoms with van der Waals surface area (Å²) in [6.45, 7) is 0.759. The number of methoxy groups -OCH3 is 2. The van der Waals surface area contributed by atoms with Gasteiger partial charge in [-0.05, 0) is 51.8 Å². The topological polar surface area (TPSA) is 30.5 Å². The highest BCUT2D eigenvalue weighted by molar-refractivity contribution is 9.10. The van der Waals surface area contributed by atoms with Crippen molar-refractivity contribution in [3.05, 3.63) is 52.5 Å². The van der Waals surface area contributed by atoms with Gasteiger partial charge in [-0.1, -0.05) is 12.1 Å². The van der Waals surface area contributed by atoms with Gasteiger partial charge in [0.15, 0.2) is 0 Å². The lowest BCUT2D eigenvalue weighted by Crippen LogP contribution is -2.00. The van der Waals surface area contributed by atoms with Gasteiger partial charge in [0.25, 0.3) is 0 Å². The Balaban J connectivity index is 2.01. The molecule has 3 nitrogen and oxygen atoms in total. The van der Waals surface area contributed by atoms with Crippen LogP contribution in [0, 0.1) is 0 Å². The van der Waals surface area contributed by atoms with E-state index in [2.05, 4.69) is 21.2 Å². The first-order chi connectivity index (χ1) is 9.22. The number of ether oxygens (including phenoxy) is 2. The van der Waals surface area contributed by atoms with Crippen LogP contribution in [0.15, 0.2) is 46.9 Å². The Labute approximate surface area is 121 Å². The molecule has 0 aliphatic carbocycles. The van der Waals surface area contributed by atoms with Gasteiger partial charge in [0.05, 0.1) is 14.2 Å². The number of hydrogen-bond donors (Lipinski definition) is 1. The number of benzene rings is 2. The lowest BCUT2D eigenvalue weighted by atomic mass is 10.2. The van der Waals surface area contributed by atoms with Gasteiger partial charge in [0.2, 0.25) is 0 Å². The lowest BCUT2D eigenvalue weighted by Gasteiger charge is -2.10. The Morgan fingerprint density at radius 3 is 2.16 bits per heavy atom. The van der Waals surface area contributed by atoms with Crippen LogP contribution < -0.4 is 14.8 Å². The fraction of sp³-hybridized carbons (Fsp3) is 0.200. The maximum Gasteiger partial charge on any atom is 0.120 e. The molecule has 0 aliphatic rings. The molecule has 0 aliphatic heterocycles. The van der Waals surface area contributed by atoms with E-state index < -0.39 is 0 Å². The van der Waals surface area contributed by atoms with Crippen molar-refractivity contribution in [3.63, 3.8) is 0 Å². The summed E-state index contributed by atoms with van der Waals surface area (Å²) in [5.74, 6) is 1.70. The quantitative estimate of drug-likeness (QED) is 0.900. The molecule has 0 bridgehead atoms. The fourth-order valence-electron chi connectivity index (χ4n) is 1.71. The predicted octanol–water partition coefficient (Wildman–Crippen LogP) is 4.08. The molecule has 2 aromatic carbocycles. The Hall–Kier alpha value is -1.68. The normalized spacial score (nSPS) is 10.1. The SMILES string of the molecule is COc1ccc(CNc2ccc(OC)cc2Br)cc1. The van der Waals surface area contributed by atoms with E-state index in [9.17, 15) is 0 Å². The molecule has 0 aromatic heterocycles. The second-order valence-corrected chi connectivity index (χ2v) is 4.90. The average molecular weight is 322 g/mol.